The van der Waals surface area contributed by atoms with E-state index in [1.54, 1.807) is 0 Å². The number of unbranched alkanes of at least 4 members (excludes halogenated alkanes) is 20. The molecule has 0 radical (unpaired) electrons. The van der Waals surface area contributed by atoms with Gasteiger partial charge in [-0.15, -0.1) is 0 Å². The highest BCUT2D eigenvalue weighted by Gasteiger charge is 2.44. The lowest BCUT2D eigenvalue weighted by Gasteiger charge is -2.40. The number of carbonyl (C=O) groups excluding carboxylic acids is 1. The first-order chi connectivity index (χ1) is 23.3. The third-order valence-electron chi connectivity index (χ3n) is 9.62. The number of aliphatic hydroxyl groups is 5. The van der Waals surface area contributed by atoms with Gasteiger partial charge in [0.15, 0.2) is 6.29 Å². The van der Waals surface area contributed by atoms with Crippen molar-refractivity contribution in [3.8, 4) is 0 Å². The van der Waals surface area contributed by atoms with Gasteiger partial charge in [-0.25, -0.2) is 0 Å². The Labute approximate surface area is 293 Å². The fourth-order valence-electron chi connectivity index (χ4n) is 6.34. The average Bonchev–Trinajstić information content (AvgIpc) is 3.08. The summed E-state index contributed by atoms with van der Waals surface area (Å²) in [6.45, 7) is 3.76. The molecule has 1 fully saturated rings. The largest absolute Gasteiger partial charge is 0.394 e. The van der Waals surface area contributed by atoms with Crippen LogP contribution in [0.15, 0.2) is 12.2 Å². The molecule has 1 amide bonds. The first-order valence-electron chi connectivity index (χ1n) is 19.9. The number of ether oxygens (including phenoxy) is 2. The van der Waals surface area contributed by atoms with Gasteiger partial charge in [0, 0.05) is 6.42 Å². The zero-order valence-electron chi connectivity index (χ0n) is 30.7. The summed E-state index contributed by atoms with van der Waals surface area (Å²) < 4.78 is 11.2. The summed E-state index contributed by atoms with van der Waals surface area (Å²) in [4.78, 5) is 12.8. The molecule has 0 aromatic heterocycles. The Balaban J connectivity index is 2.39. The van der Waals surface area contributed by atoms with E-state index in [0.717, 1.165) is 32.1 Å². The average molecular weight is 686 g/mol. The van der Waals surface area contributed by atoms with Gasteiger partial charge >= 0.3 is 0 Å². The summed E-state index contributed by atoms with van der Waals surface area (Å²) in [6, 6.07) is -0.727. The van der Waals surface area contributed by atoms with Crippen molar-refractivity contribution in [2.75, 3.05) is 13.2 Å². The van der Waals surface area contributed by atoms with E-state index in [-0.39, 0.29) is 12.5 Å². The molecule has 0 spiro atoms. The second-order valence-electron chi connectivity index (χ2n) is 14.1. The molecule has 0 aliphatic carbocycles. The third-order valence-corrected chi connectivity index (χ3v) is 9.62. The number of rotatable bonds is 32. The molecular weight excluding hydrogens is 610 g/mol. The molecule has 1 heterocycles. The molecule has 9 heteroatoms. The Morgan fingerprint density at radius 1 is 0.688 bits per heavy atom. The van der Waals surface area contributed by atoms with E-state index in [0.29, 0.717) is 19.3 Å². The maximum absolute atomic E-state index is 12.8. The van der Waals surface area contributed by atoms with E-state index in [1.165, 1.54) is 109 Å². The highest BCUT2D eigenvalue weighted by molar-refractivity contribution is 5.76. The first kappa shape index (κ1) is 45.0. The lowest BCUT2D eigenvalue weighted by Crippen LogP contribution is -2.60. The SMILES string of the molecule is CCCCCC/C=C\CCCC(=O)NC(COC1OC(CO)C(O)C(O)C1O)C(O)CCCCCCCCCCCCCCCCCC. The van der Waals surface area contributed by atoms with E-state index in [2.05, 4.69) is 31.3 Å². The maximum Gasteiger partial charge on any atom is 0.220 e. The van der Waals surface area contributed by atoms with E-state index in [1.807, 2.05) is 0 Å². The molecule has 1 aliphatic heterocycles. The van der Waals surface area contributed by atoms with Crippen molar-refractivity contribution in [3.05, 3.63) is 12.2 Å². The Hall–Kier alpha value is -1.07. The van der Waals surface area contributed by atoms with Crippen LogP contribution in [0.2, 0.25) is 0 Å². The summed E-state index contributed by atoms with van der Waals surface area (Å²) in [5.41, 5.74) is 0. The van der Waals surface area contributed by atoms with Crippen LogP contribution in [0, 0.1) is 0 Å². The van der Waals surface area contributed by atoms with Crippen molar-refractivity contribution in [1.82, 2.24) is 5.32 Å². The standard InChI is InChI=1S/C39H75NO8/c1-3-5-7-9-11-13-14-15-16-17-18-19-21-22-24-26-28-33(42)32(31-47-39-38(46)37(45)36(44)34(30-41)48-39)40-35(43)29-27-25-23-20-12-10-8-6-4-2/h20,23,32-34,36-39,41-42,44-46H,3-19,21-22,24-31H2,1-2H3,(H,40,43)/b23-20-. The minimum Gasteiger partial charge on any atom is -0.394 e. The van der Waals surface area contributed by atoms with Gasteiger partial charge in [0.25, 0.3) is 0 Å². The van der Waals surface area contributed by atoms with Gasteiger partial charge in [0.2, 0.25) is 5.91 Å². The van der Waals surface area contributed by atoms with Crippen LogP contribution in [0.1, 0.15) is 174 Å². The Morgan fingerprint density at radius 2 is 1.17 bits per heavy atom. The van der Waals surface area contributed by atoms with Crippen LogP contribution in [0.4, 0.5) is 0 Å². The smallest absolute Gasteiger partial charge is 0.220 e. The van der Waals surface area contributed by atoms with Gasteiger partial charge in [-0.1, -0.05) is 148 Å². The molecule has 0 bridgehead atoms. The summed E-state index contributed by atoms with van der Waals surface area (Å²) in [5, 5.41) is 54.0. The lowest BCUT2D eigenvalue weighted by atomic mass is 9.99. The molecule has 0 aromatic carbocycles. The van der Waals surface area contributed by atoms with Crippen LogP contribution >= 0.6 is 0 Å². The van der Waals surface area contributed by atoms with E-state index >= 15 is 0 Å². The molecule has 0 aromatic rings. The zero-order valence-corrected chi connectivity index (χ0v) is 30.7. The minimum atomic E-state index is -1.55. The van der Waals surface area contributed by atoms with Crippen LogP contribution in [-0.2, 0) is 14.3 Å². The van der Waals surface area contributed by atoms with E-state index < -0.39 is 49.5 Å². The molecule has 284 valence electrons. The molecule has 1 saturated heterocycles. The number of allylic oxidation sites excluding steroid dienone is 2. The van der Waals surface area contributed by atoms with Crippen LogP contribution in [0.3, 0.4) is 0 Å². The van der Waals surface area contributed by atoms with Gasteiger partial charge in [0.05, 0.1) is 25.4 Å². The number of amides is 1. The maximum atomic E-state index is 12.8. The molecule has 7 unspecified atom stereocenters. The second-order valence-corrected chi connectivity index (χ2v) is 14.1. The predicted molar refractivity (Wildman–Crippen MR) is 194 cm³/mol. The van der Waals surface area contributed by atoms with Gasteiger partial charge in [-0.3, -0.25) is 4.79 Å². The highest BCUT2D eigenvalue weighted by Crippen LogP contribution is 2.23. The molecule has 1 rings (SSSR count). The van der Waals surface area contributed by atoms with Gasteiger partial charge in [-0.05, 0) is 32.1 Å². The van der Waals surface area contributed by atoms with Crippen LogP contribution in [0.5, 0.6) is 0 Å². The van der Waals surface area contributed by atoms with Crippen LogP contribution < -0.4 is 5.32 Å². The van der Waals surface area contributed by atoms with Gasteiger partial charge < -0.3 is 40.3 Å². The topological polar surface area (TPSA) is 149 Å². The van der Waals surface area contributed by atoms with Gasteiger partial charge in [-0.2, -0.15) is 0 Å². The molecular formula is C39H75NO8. The fourth-order valence-corrected chi connectivity index (χ4v) is 6.34. The molecule has 7 atom stereocenters. The van der Waals surface area contributed by atoms with Gasteiger partial charge in [0.1, 0.15) is 24.4 Å². The Kier molecular flexibility index (Phi) is 28.8. The van der Waals surface area contributed by atoms with Crippen LogP contribution in [-0.4, -0.2) is 87.5 Å². The monoisotopic (exact) mass is 686 g/mol. The lowest BCUT2D eigenvalue weighted by molar-refractivity contribution is -0.302. The van der Waals surface area contributed by atoms with E-state index in [4.69, 9.17) is 9.47 Å². The van der Waals surface area contributed by atoms with Crippen molar-refractivity contribution in [1.29, 1.82) is 0 Å². The van der Waals surface area contributed by atoms with Crippen molar-refractivity contribution in [2.24, 2.45) is 0 Å². The normalized spacial score (nSPS) is 22.7. The zero-order chi connectivity index (χ0) is 35.2. The number of carbonyl (C=O) groups is 1. The Bertz CT molecular complexity index is 766. The number of aliphatic hydroxyl groups excluding tert-OH is 5. The predicted octanol–water partition coefficient (Wildman–Crippen LogP) is 7.00. The van der Waals surface area contributed by atoms with Crippen LogP contribution in [0.25, 0.3) is 0 Å². The van der Waals surface area contributed by atoms with E-state index in [9.17, 15) is 30.3 Å². The molecule has 1 aliphatic rings. The summed E-state index contributed by atoms with van der Waals surface area (Å²) in [7, 11) is 0. The van der Waals surface area contributed by atoms with Crippen molar-refractivity contribution < 1.29 is 39.8 Å². The molecule has 48 heavy (non-hydrogen) atoms. The minimum absolute atomic E-state index is 0.147. The molecule has 6 N–H and O–H groups in total. The number of hydrogen-bond acceptors (Lipinski definition) is 8. The van der Waals surface area contributed by atoms with Crippen molar-refractivity contribution in [3.63, 3.8) is 0 Å². The molecule has 9 nitrogen and oxygen atoms in total. The Morgan fingerprint density at radius 3 is 1.69 bits per heavy atom. The summed E-state index contributed by atoms with van der Waals surface area (Å²) >= 11 is 0. The quantitative estimate of drug-likeness (QED) is 0.0328. The third kappa shape index (κ3) is 21.9. The summed E-state index contributed by atoms with van der Waals surface area (Å²) in [5.74, 6) is -0.181. The first-order valence-corrected chi connectivity index (χ1v) is 19.9. The number of nitrogens with one attached hydrogen (secondary N) is 1. The summed E-state index contributed by atoms with van der Waals surface area (Å²) in [6.07, 6.45) is 25.2. The second kappa shape index (κ2) is 30.7. The fraction of sp³-hybridized carbons (Fsp3) is 0.923. The highest BCUT2D eigenvalue weighted by atomic mass is 16.7. The van der Waals surface area contributed by atoms with Crippen molar-refractivity contribution >= 4 is 5.91 Å². The molecule has 0 saturated carbocycles. The number of hydrogen-bond donors (Lipinski definition) is 6. The van der Waals surface area contributed by atoms with Crippen molar-refractivity contribution in [2.45, 2.75) is 217 Å².